The molecule has 0 spiro atoms. The van der Waals surface area contributed by atoms with Crippen molar-refractivity contribution in [3.8, 4) is 0 Å². The highest BCUT2D eigenvalue weighted by Gasteiger charge is 2.26. The third-order valence-corrected chi connectivity index (χ3v) is 5.49. The van der Waals surface area contributed by atoms with Gasteiger partial charge in [-0.25, -0.2) is 0 Å². The third kappa shape index (κ3) is 5.90. The molecule has 1 aliphatic heterocycles. The molecule has 0 radical (unpaired) electrons. The number of anilines is 1. The minimum Gasteiger partial charge on any atom is -0.364 e. The fourth-order valence-electron chi connectivity index (χ4n) is 3.64. The van der Waals surface area contributed by atoms with Crippen molar-refractivity contribution in [2.24, 2.45) is 0 Å². The van der Waals surface area contributed by atoms with Crippen molar-refractivity contribution in [3.63, 3.8) is 0 Å². The van der Waals surface area contributed by atoms with E-state index in [9.17, 15) is 9.59 Å². The first kappa shape index (κ1) is 22.0. The average Bonchev–Trinajstić information content (AvgIpc) is 2.75. The van der Waals surface area contributed by atoms with Crippen LogP contribution in [-0.4, -0.2) is 60.4 Å². The van der Waals surface area contributed by atoms with Gasteiger partial charge in [0.1, 0.15) is 6.10 Å². The molecule has 6 nitrogen and oxygen atoms in total. The van der Waals surface area contributed by atoms with Crippen LogP contribution in [0.2, 0.25) is 0 Å². The van der Waals surface area contributed by atoms with Gasteiger partial charge in [-0.2, -0.15) is 0 Å². The average molecular weight is 410 g/mol. The Bertz CT molecular complexity index is 841. The summed E-state index contributed by atoms with van der Waals surface area (Å²) in [4.78, 5) is 29.1. The van der Waals surface area contributed by atoms with Gasteiger partial charge in [0.2, 0.25) is 5.91 Å². The van der Waals surface area contributed by atoms with E-state index >= 15 is 0 Å². The molecule has 2 amide bonds. The van der Waals surface area contributed by atoms with Crippen LogP contribution in [0.4, 0.5) is 5.69 Å². The van der Waals surface area contributed by atoms with E-state index in [-0.39, 0.29) is 11.8 Å². The van der Waals surface area contributed by atoms with E-state index in [1.54, 1.807) is 6.92 Å². The number of hydrogen-bond donors (Lipinski definition) is 1. The number of carbonyl (C=O) groups excluding carboxylic acids is 2. The monoisotopic (exact) mass is 409 g/mol. The lowest BCUT2D eigenvalue weighted by Gasteiger charge is -2.35. The number of nitrogens with zero attached hydrogens (tertiary/aromatic N) is 2. The second-order valence-electron chi connectivity index (χ2n) is 7.86. The van der Waals surface area contributed by atoms with Crippen LogP contribution in [0.3, 0.4) is 0 Å². The molecule has 1 fully saturated rings. The van der Waals surface area contributed by atoms with Crippen LogP contribution in [-0.2, 0) is 20.9 Å². The van der Waals surface area contributed by atoms with Gasteiger partial charge in [-0.1, -0.05) is 48.5 Å². The van der Waals surface area contributed by atoms with Crippen LogP contribution in [0, 0.1) is 13.8 Å². The first-order chi connectivity index (χ1) is 14.4. The molecule has 1 unspecified atom stereocenters. The molecule has 0 aromatic heterocycles. The Hall–Kier alpha value is -2.70. The van der Waals surface area contributed by atoms with Gasteiger partial charge in [-0.05, 0) is 37.5 Å². The van der Waals surface area contributed by atoms with Crippen LogP contribution < -0.4 is 5.32 Å². The van der Waals surface area contributed by atoms with Gasteiger partial charge in [0, 0.05) is 31.9 Å². The van der Waals surface area contributed by atoms with Crippen LogP contribution in [0.1, 0.15) is 23.6 Å². The number of carbonyl (C=O) groups is 2. The first-order valence-electron chi connectivity index (χ1n) is 10.5. The van der Waals surface area contributed by atoms with Crippen LogP contribution in [0.25, 0.3) is 0 Å². The fourth-order valence-corrected chi connectivity index (χ4v) is 3.64. The van der Waals surface area contributed by atoms with Gasteiger partial charge in [0.05, 0.1) is 13.2 Å². The lowest BCUT2D eigenvalue weighted by molar-refractivity contribution is -0.145. The Morgan fingerprint density at radius 2 is 1.60 bits per heavy atom. The molecular weight excluding hydrogens is 378 g/mol. The molecule has 6 heteroatoms. The molecule has 0 bridgehead atoms. The summed E-state index contributed by atoms with van der Waals surface area (Å²) < 4.78 is 5.75. The normalized spacial score (nSPS) is 15.6. The van der Waals surface area contributed by atoms with Gasteiger partial charge in [-0.3, -0.25) is 14.5 Å². The fraction of sp³-hybridized carbons (Fsp3) is 0.417. The van der Waals surface area contributed by atoms with Crippen molar-refractivity contribution in [1.82, 2.24) is 9.80 Å². The second kappa shape index (κ2) is 10.4. The molecule has 1 N–H and O–H groups in total. The summed E-state index contributed by atoms with van der Waals surface area (Å²) in [6.45, 7) is 9.11. The van der Waals surface area contributed by atoms with Gasteiger partial charge in [0.25, 0.3) is 5.91 Å². The Balaban J connectivity index is 1.42. The Labute approximate surface area is 178 Å². The number of para-hydroxylation sites is 1. The van der Waals surface area contributed by atoms with Crippen molar-refractivity contribution < 1.29 is 14.3 Å². The van der Waals surface area contributed by atoms with E-state index in [1.165, 1.54) is 0 Å². The zero-order chi connectivity index (χ0) is 21.5. The smallest absolute Gasteiger partial charge is 0.251 e. The summed E-state index contributed by atoms with van der Waals surface area (Å²) in [5.74, 6) is -0.0164. The van der Waals surface area contributed by atoms with Crippen molar-refractivity contribution >= 4 is 17.5 Å². The molecule has 1 saturated heterocycles. The van der Waals surface area contributed by atoms with E-state index < -0.39 is 6.10 Å². The van der Waals surface area contributed by atoms with Crippen molar-refractivity contribution in [2.45, 2.75) is 33.5 Å². The number of aryl methyl sites for hydroxylation is 2. The number of nitrogens with one attached hydrogen (secondary N) is 1. The van der Waals surface area contributed by atoms with E-state index in [4.69, 9.17) is 4.74 Å². The number of amides is 2. The maximum atomic E-state index is 12.7. The Morgan fingerprint density at radius 3 is 2.23 bits per heavy atom. The number of hydrogen-bond acceptors (Lipinski definition) is 4. The molecule has 2 aromatic carbocycles. The molecule has 1 atom stereocenters. The first-order valence-corrected chi connectivity index (χ1v) is 10.5. The molecule has 2 aromatic rings. The van der Waals surface area contributed by atoms with E-state index in [1.807, 2.05) is 67.3 Å². The molecule has 30 heavy (non-hydrogen) atoms. The van der Waals surface area contributed by atoms with Crippen molar-refractivity contribution in [1.29, 1.82) is 0 Å². The third-order valence-electron chi connectivity index (χ3n) is 5.49. The number of benzene rings is 2. The SMILES string of the molecule is Cc1cccc(C)c1NC(=O)CN1CCN(C(=O)C(C)OCc2ccccc2)CC1. The maximum Gasteiger partial charge on any atom is 0.251 e. The van der Waals surface area contributed by atoms with Gasteiger partial charge in [0.15, 0.2) is 0 Å². The Kier molecular flexibility index (Phi) is 7.60. The van der Waals surface area contributed by atoms with Crippen LogP contribution >= 0.6 is 0 Å². The highest BCUT2D eigenvalue weighted by atomic mass is 16.5. The summed E-state index contributed by atoms with van der Waals surface area (Å²) in [5, 5.41) is 3.03. The van der Waals surface area contributed by atoms with Gasteiger partial charge in [-0.15, -0.1) is 0 Å². The standard InChI is InChI=1S/C24H31N3O3/c1-18-8-7-9-19(2)23(18)25-22(28)16-26-12-14-27(15-13-26)24(29)20(3)30-17-21-10-5-4-6-11-21/h4-11,20H,12-17H2,1-3H3,(H,25,28). The highest BCUT2D eigenvalue weighted by molar-refractivity contribution is 5.93. The summed E-state index contributed by atoms with van der Waals surface area (Å²) >= 11 is 0. The predicted molar refractivity (Wildman–Crippen MR) is 118 cm³/mol. The molecule has 1 heterocycles. The second-order valence-corrected chi connectivity index (χ2v) is 7.86. The quantitative estimate of drug-likeness (QED) is 0.764. The van der Waals surface area contributed by atoms with Crippen LogP contribution in [0.15, 0.2) is 48.5 Å². The summed E-state index contributed by atoms with van der Waals surface area (Å²) in [6, 6.07) is 15.8. The summed E-state index contributed by atoms with van der Waals surface area (Å²) in [7, 11) is 0. The van der Waals surface area contributed by atoms with Crippen molar-refractivity contribution in [3.05, 3.63) is 65.2 Å². The minimum atomic E-state index is -0.482. The minimum absolute atomic E-state index is 0.00516. The summed E-state index contributed by atoms with van der Waals surface area (Å²) in [6.07, 6.45) is -0.482. The van der Waals surface area contributed by atoms with E-state index in [0.717, 1.165) is 22.4 Å². The number of ether oxygens (including phenoxy) is 1. The zero-order valence-electron chi connectivity index (χ0n) is 18.1. The number of piperazine rings is 1. The zero-order valence-corrected chi connectivity index (χ0v) is 18.1. The largest absolute Gasteiger partial charge is 0.364 e. The lowest BCUT2D eigenvalue weighted by Crippen LogP contribution is -2.52. The molecule has 3 rings (SSSR count). The highest BCUT2D eigenvalue weighted by Crippen LogP contribution is 2.19. The molecule has 160 valence electrons. The predicted octanol–water partition coefficient (Wildman–Crippen LogP) is 2.99. The van der Waals surface area contributed by atoms with Crippen molar-refractivity contribution in [2.75, 3.05) is 38.0 Å². The summed E-state index contributed by atoms with van der Waals surface area (Å²) in [5.41, 5.74) is 4.06. The Morgan fingerprint density at radius 1 is 0.967 bits per heavy atom. The molecular formula is C24H31N3O3. The van der Waals surface area contributed by atoms with Crippen LogP contribution in [0.5, 0.6) is 0 Å². The molecule has 1 aliphatic rings. The molecule has 0 saturated carbocycles. The topological polar surface area (TPSA) is 61.9 Å². The van der Waals surface area contributed by atoms with Gasteiger partial charge < -0.3 is 15.0 Å². The van der Waals surface area contributed by atoms with E-state index in [2.05, 4.69) is 10.2 Å². The van der Waals surface area contributed by atoms with Gasteiger partial charge >= 0.3 is 0 Å². The lowest BCUT2D eigenvalue weighted by atomic mass is 10.1. The maximum absolute atomic E-state index is 12.7. The van der Waals surface area contributed by atoms with E-state index in [0.29, 0.717) is 39.3 Å². The number of rotatable bonds is 7. The molecule has 0 aliphatic carbocycles.